The van der Waals surface area contributed by atoms with Crippen molar-refractivity contribution in [1.29, 1.82) is 0 Å². The number of hydrogen-bond donors (Lipinski definition) is 2. The zero-order valence-electron chi connectivity index (χ0n) is 9.67. The number of halogens is 1. The van der Waals surface area contributed by atoms with Crippen molar-refractivity contribution in [2.24, 2.45) is 5.92 Å². The SMILES string of the molecule is CNCC(C)C(=O)Nc1cnc(Br)c(C)c1. The van der Waals surface area contributed by atoms with Crippen molar-refractivity contribution in [2.75, 3.05) is 18.9 Å². The minimum absolute atomic E-state index is 0.00197. The lowest BCUT2D eigenvalue weighted by Gasteiger charge is -2.11. The quantitative estimate of drug-likeness (QED) is 0.832. The van der Waals surface area contributed by atoms with E-state index in [-0.39, 0.29) is 11.8 Å². The van der Waals surface area contributed by atoms with Crippen molar-refractivity contribution in [3.8, 4) is 0 Å². The van der Waals surface area contributed by atoms with Crippen LogP contribution in [-0.2, 0) is 4.79 Å². The van der Waals surface area contributed by atoms with Gasteiger partial charge in [-0.05, 0) is 41.5 Å². The van der Waals surface area contributed by atoms with Gasteiger partial charge in [0.25, 0.3) is 0 Å². The molecule has 2 N–H and O–H groups in total. The van der Waals surface area contributed by atoms with Gasteiger partial charge in [0, 0.05) is 12.5 Å². The van der Waals surface area contributed by atoms with Crippen LogP contribution in [0.5, 0.6) is 0 Å². The summed E-state index contributed by atoms with van der Waals surface area (Å²) in [6, 6.07) is 1.89. The highest BCUT2D eigenvalue weighted by molar-refractivity contribution is 9.10. The summed E-state index contributed by atoms with van der Waals surface area (Å²) in [7, 11) is 1.83. The Hall–Kier alpha value is -0.940. The Bertz CT molecular complexity index is 381. The molecule has 1 unspecified atom stereocenters. The summed E-state index contributed by atoms with van der Waals surface area (Å²) in [6.07, 6.45) is 1.64. The smallest absolute Gasteiger partial charge is 0.228 e. The maximum Gasteiger partial charge on any atom is 0.228 e. The maximum absolute atomic E-state index is 11.7. The lowest BCUT2D eigenvalue weighted by Crippen LogP contribution is -2.28. The zero-order chi connectivity index (χ0) is 12.1. The van der Waals surface area contributed by atoms with Crippen LogP contribution in [0.1, 0.15) is 12.5 Å². The first kappa shape index (κ1) is 13.1. The highest BCUT2D eigenvalue weighted by atomic mass is 79.9. The van der Waals surface area contributed by atoms with Crippen LogP contribution < -0.4 is 10.6 Å². The average molecular weight is 286 g/mol. The molecule has 5 heteroatoms. The van der Waals surface area contributed by atoms with Crippen molar-refractivity contribution in [3.05, 3.63) is 22.4 Å². The molecule has 0 spiro atoms. The zero-order valence-corrected chi connectivity index (χ0v) is 11.3. The van der Waals surface area contributed by atoms with E-state index in [2.05, 4.69) is 31.5 Å². The Morgan fingerprint density at radius 3 is 2.88 bits per heavy atom. The summed E-state index contributed by atoms with van der Waals surface area (Å²) in [5, 5.41) is 5.80. The van der Waals surface area contributed by atoms with Gasteiger partial charge in [0.2, 0.25) is 5.91 Å². The predicted octanol–water partition coefficient (Wildman–Crippen LogP) is 1.95. The Kier molecular flexibility index (Phi) is 4.89. The fraction of sp³-hybridized carbons (Fsp3) is 0.455. The molecular formula is C11H16BrN3O. The van der Waals surface area contributed by atoms with E-state index in [1.165, 1.54) is 0 Å². The third kappa shape index (κ3) is 3.57. The first-order valence-electron chi connectivity index (χ1n) is 5.12. The molecule has 4 nitrogen and oxygen atoms in total. The molecule has 0 bridgehead atoms. The van der Waals surface area contributed by atoms with E-state index in [0.29, 0.717) is 6.54 Å². The molecular weight excluding hydrogens is 270 g/mol. The Labute approximate surface area is 104 Å². The highest BCUT2D eigenvalue weighted by Crippen LogP contribution is 2.17. The third-order valence-corrected chi connectivity index (χ3v) is 3.07. The van der Waals surface area contributed by atoms with Crippen LogP contribution in [0.2, 0.25) is 0 Å². The molecule has 1 atom stereocenters. The summed E-state index contributed by atoms with van der Waals surface area (Å²) in [5.41, 5.74) is 1.73. The number of amides is 1. The van der Waals surface area contributed by atoms with Gasteiger partial charge in [-0.1, -0.05) is 6.92 Å². The number of pyridine rings is 1. The molecule has 0 radical (unpaired) electrons. The topological polar surface area (TPSA) is 54.0 Å². The molecule has 16 heavy (non-hydrogen) atoms. The van der Waals surface area contributed by atoms with Crippen molar-refractivity contribution in [3.63, 3.8) is 0 Å². The number of anilines is 1. The summed E-state index contributed by atoms with van der Waals surface area (Å²) >= 11 is 3.32. The number of carbonyl (C=O) groups is 1. The van der Waals surface area contributed by atoms with Gasteiger partial charge >= 0.3 is 0 Å². The molecule has 0 aliphatic carbocycles. The first-order valence-corrected chi connectivity index (χ1v) is 5.91. The van der Waals surface area contributed by atoms with Gasteiger partial charge in [-0.15, -0.1) is 0 Å². The van der Waals surface area contributed by atoms with Gasteiger partial charge < -0.3 is 10.6 Å². The normalized spacial score (nSPS) is 12.2. The van der Waals surface area contributed by atoms with Gasteiger partial charge in [-0.3, -0.25) is 4.79 Å². The first-order chi connectivity index (χ1) is 7.54. The molecule has 1 heterocycles. The van der Waals surface area contributed by atoms with Crippen molar-refractivity contribution < 1.29 is 4.79 Å². The van der Waals surface area contributed by atoms with Gasteiger partial charge in [-0.25, -0.2) is 4.98 Å². The lowest BCUT2D eigenvalue weighted by molar-refractivity contribution is -0.119. The van der Waals surface area contributed by atoms with Crippen LogP contribution in [0, 0.1) is 12.8 Å². The van der Waals surface area contributed by atoms with Crippen LogP contribution in [-0.4, -0.2) is 24.5 Å². The second-order valence-corrected chi connectivity index (χ2v) is 4.53. The van der Waals surface area contributed by atoms with E-state index in [0.717, 1.165) is 15.9 Å². The lowest BCUT2D eigenvalue weighted by atomic mass is 10.1. The summed E-state index contributed by atoms with van der Waals surface area (Å²) in [5.74, 6) is -0.0631. The van der Waals surface area contributed by atoms with Crippen molar-refractivity contribution >= 4 is 27.5 Å². The Balaban J connectivity index is 2.66. The molecule has 88 valence electrons. The van der Waals surface area contributed by atoms with Crippen molar-refractivity contribution in [1.82, 2.24) is 10.3 Å². The molecule has 0 aliphatic rings. The minimum atomic E-state index is -0.0612. The fourth-order valence-electron chi connectivity index (χ4n) is 1.29. The number of nitrogens with one attached hydrogen (secondary N) is 2. The molecule has 1 aromatic heterocycles. The van der Waals surface area contributed by atoms with Crippen LogP contribution in [0.25, 0.3) is 0 Å². The number of hydrogen-bond acceptors (Lipinski definition) is 3. The molecule has 0 saturated heterocycles. The highest BCUT2D eigenvalue weighted by Gasteiger charge is 2.12. The summed E-state index contributed by atoms with van der Waals surface area (Å²) < 4.78 is 0.800. The number of rotatable bonds is 4. The van der Waals surface area contributed by atoms with E-state index in [1.807, 2.05) is 27.0 Å². The number of aryl methyl sites for hydroxylation is 1. The van der Waals surface area contributed by atoms with E-state index in [4.69, 9.17) is 0 Å². The van der Waals surface area contributed by atoms with Gasteiger partial charge in [-0.2, -0.15) is 0 Å². The molecule has 0 aliphatic heterocycles. The van der Waals surface area contributed by atoms with Gasteiger partial charge in [0.15, 0.2) is 0 Å². The Morgan fingerprint density at radius 2 is 2.31 bits per heavy atom. The second-order valence-electron chi connectivity index (χ2n) is 3.78. The largest absolute Gasteiger partial charge is 0.324 e. The maximum atomic E-state index is 11.7. The standard InChI is InChI=1S/C11H16BrN3O/c1-7-4-9(6-14-10(7)12)15-11(16)8(2)5-13-3/h4,6,8,13H,5H2,1-3H3,(H,15,16). The Morgan fingerprint density at radius 1 is 1.62 bits per heavy atom. The molecule has 1 rings (SSSR count). The molecule has 0 saturated carbocycles. The van der Waals surface area contributed by atoms with E-state index in [9.17, 15) is 4.79 Å². The van der Waals surface area contributed by atoms with E-state index >= 15 is 0 Å². The van der Waals surface area contributed by atoms with Crippen molar-refractivity contribution in [2.45, 2.75) is 13.8 Å². The monoisotopic (exact) mass is 285 g/mol. The summed E-state index contributed by atoms with van der Waals surface area (Å²) in [4.78, 5) is 15.8. The van der Waals surface area contributed by atoms with Gasteiger partial charge in [0.1, 0.15) is 4.60 Å². The van der Waals surface area contributed by atoms with Crippen LogP contribution in [0.3, 0.4) is 0 Å². The fourth-order valence-corrected chi connectivity index (χ4v) is 1.51. The van der Waals surface area contributed by atoms with Crippen LogP contribution in [0.4, 0.5) is 5.69 Å². The number of carbonyl (C=O) groups excluding carboxylic acids is 1. The minimum Gasteiger partial charge on any atom is -0.324 e. The second kappa shape index (κ2) is 5.96. The third-order valence-electron chi connectivity index (χ3n) is 2.24. The molecule has 1 amide bonds. The number of nitrogens with zero attached hydrogens (tertiary/aromatic N) is 1. The van der Waals surface area contributed by atoms with E-state index in [1.54, 1.807) is 6.20 Å². The predicted molar refractivity (Wildman–Crippen MR) is 68.4 cm³/mol. The van der Waals surface area contributed by atoms with Gasteiger partial charge in [0.05, 0.1) is 11.9 Å². The molecule has 0 fully saturated rings. The average Bonchev–Trinajstić information content (AvgIpc) is 2.24. The van der Waals surface area contributed by atoms with Crippen LogP contribution in [0.15, 0.2) is 16.9 Å². The molecule has 0 aromatic carbocycles. The van der Waals surface area contributed by atoms with Crippen LogP contribution >= 0.6 is 15.9 Å². The molecule has 1 aromatic rings. The number of aromatic nitrogens is 1. The summed E-state index contributed by atoms with van der Waals surface area (Å²) in [6.45, 7) is 4.48. The van der Waals surface area contributed by atoms with E-state index < -0.39 is 0 Å².